The molecule has 0 bridgehead atoms. The number of aromatic nitrogens is 1. The zero-order valence-electron chi connectivity index (χ0n) is 7.84. The van der Waals surface area contributed by atoms with Crippen molar-refractivity contribution in [2.24, 2.45) is 0 Å². The minimum atomic E-state index is -1.83. The van der Waals surface area contributed by atoms with Gasteiger partial charge in [-0.05, 0) is 12.1 Å². The van der Waals surface area contributed by atoms with Crippen LogP contribution in [0.3, 0.4) is 0 Å². The molecule has 0 unspecified atom stereocenters. The molecule has 0 aliphatic carbocycles. The molecule has 1 aromatic heterocycles. The van der Waals surface area contributed by atoms with Gasteiger partial charge in [-0.15, -0.1) is 0 Å². The first-order valence-electron chi connectivity index (χ1n) is 2.50. The van der Waals surface area contributed by atoms with E-state index in [-0.39, 0.29) is 25.9 Å². The fraction of sp³-hybridized carbons (Fsp3) is 0. The number of rotatable bonds is 0. The molecular weight excluding hydrogens is 158 g/mol. The summed E-state index contributed by atoms with van der Waals surface area (Å²) in [7, 11) is 0. The van der Waals surface area contributed by atoms with Gasteiger partial charge in [0.2, 0.25) is 0 Å². The predicted octanol–water partition coefficient (Wildman–Crippen LogP) is 1.15. The van der Waals surface area contributed by atoms with Gasteiger partial charge >= 0.3 is 29.2 Å². The molecule has 0 saturated carbocycles. The minimum Gasteiger partial charge on any atom is -1.00 e. The van der Waals surface area contributed by atoms with Crippen LogP contribution in [0.1, 0.15) is 2.85 Å². The third kappa shape index (κ3) is 17.6. The predicted molar refractivity (Wildman–Crippen MR) is 42.9 cm³/mol. The van der Waals surface area contributed by atoms with Crippen molar-refractivity contribution in [1.29, 1.82) is 0 Å². The van der Waals surface area contributed by atoms with E-state index in [0.717, 1.165) is 0 Å². The van der Waals surface area contributed by atoms with Gasteiger partial charge in [-0.2, -0.15) is 0 Å². The van der Waals surface area contributed by atoms with Crippen molar-refractivity contribution >= 4 is 29.2 Å². The molecule has 5 heteroatoms. The maximum atomic E-state index is 8.56. The maximum absolute atomic E-state index is 8.56. The van der Waals surface area contributed by atoms with Crippen molar-refractivity contribution in [3.05, 3.63) is 30.6 Å². The summed E-state index contributed by atoms with van der Waals surface area (Å²) >= 11 is 0. The molecule has 11 heavy (non-hydrogen) atoms. The molecular formula is C6H9MgNO3. The number of hydrogen-bond donors (Lipinski definition) is 2. The van der Waals surface area contributed by atoms with Crippen molar-refractivity contribution < 1.29 is 17.9 Å². The summed E-state index contributed by atoms with van der Waals surface area (Å²) in [6.07, 6.45) is 1.67. The van der Waals surface area contributed by atoms with E-state index in [2.05, 4.69) is 4.98 Å². The van der Waals surface area contributed by atoms with E-state index in [4.69, 9.17) is 15.0 Å². The fourth-order valence-electron chi connectivity index (χ4n) is 0.313. The van der Waals surface area contributed by atoms with Gasteiger partial charge in [-0.1, -0.05) is 6.07 Å². The summed E-state index contributed by atoms with van der Waals surface area (Å²) in [5, 5.41) is 13.9. The van der Waals surface area contributed by atoms with Crippen LogP contribution in [0.15, 0.2) is 30.6 Å². The SMILES string of the molecule is O=C(O)O.[H-].[H-].[Mg+2].c1ccncc1. The molecule has 0 aromatic carbocycles. The molecule has 0 amide bonds. The van der Waals surface area contributed by atoms with E-state index in [1.165, 1.54) is 0 Å². The van der Waals surface area contributed by atoms with Crippen molar-refractivity contribution in [1.82, 2.24) is 4.98 Å². The molecule has 1 heterocycles. The summed E-state index contributed by atoms with van der Waals surface area (Å²) in [4.78, 5) is 12.3. The van der Waals surface area contributed by atoms with Crippen LogP contribution in [-0.4, -0.2) is 44.4 Å². The first kappa shape index (κ1) is 12.8. The zero-order valence-corrected chi connectivity index (χ0v) is 7.26. The number of carboxylic acid groups (broad SMARTS) is 2. The van der Waals surface area contributed by atoms with Gasteiger partial charge in [0.25, 0.3) is 0 Å². The van der Waals surface area contributed by atoms with Crippen LogP contribution in [0.5, 0.6) is 0 Å². The Bertz CT molecular complexity index is 158. The summed E-state index contributed by atoms with van der Waals surface area (Å²) in [5.41, 5.74) is 0. The van der Waals surface area contributed by atoms with Gasteiger partial charge in [0.1, 0.15) is 0 Å². The zero-order chi connectivity index (χ0) is 7.82. The molecule has 1 rings (SSSR count). The van der Waals surface area contributed by atoms with Gasteiger partial charge in [0, 0.05) is 12.4 Å². The van der Waals surface area contributed by atoms with Crippen LogP contribution in [0.4, 0.5) is 4.79 Å². The monoisotopic (exact) mass is 167 g/mol. The Hall–Kier alpha value is -0.814. The number of carbonyl (C=O) groups is 1. The maximum Gasteiger partial charge on any atom is 2.00 e. The van der Waals surface area contributed by atoms with Crippen LogP contribution in [0, 0.1) is 0 Å². The first-order chi connectivity index (χ1) is 4.73. The van der Waals surface area contributed by atoms with Crippen molar-refractivity contribution in [3.63, 3.8) is 0 Å². The van der Waals surface area contributed by atoms with Crippen LogP contribution in [0.2, 0.25) is 0 Å². The van der Waals surface area contributed by atoms with Crippen LogP contribution in [-0.2, 0) is 0 Å². The number of hydrogen-bond acceptors (Lipinski definition) is 2. The van der Waals surface area contributed by atoms with Crippen molar-refractivity contribution in [2.75, 3.05) is 0 Å². The van der Waals surface area contributed by atoms with Gasteiger partial charge < -0.3 is 13.1 Å². The minimum absolute atomic E-state index is 0. The van der Waals surface area contributed by atoms with Crippen LogP contribution in [0.25, 0.3) is 0 Å². The van der Waals surface area contributed by atoms with E-state index < -0.39 is 6.16 Å². The largest absolute Gasteiger partial charge is 2.00 e. The van der Waals surface area contributed by atoms with Crippen LogP contribution >= 0.6 is 0 Å². The number of nitrogens with zero attached hydrogens (tertiary/aromatic N) is 1. The van der Waals surface area contributed by atoms with Gasteiger partial charge in [0.15, 0.2) is 0 Å². The third-order valence-electron chi connectivity index (χ3n) is 0.566. The summed E-state index contributed by atoms with van der Waals surface area (Å²) in [6, 6.07) is 5.72. The molecule has 0 aliphatic heterocycles. The second-order valence-corrected chi connectivity index (χ2v) is 1.31. The average molecular weight is 167 g/mol. The smallest absolute Gasteiger partial charge is 1.00 e. The molecule has 0 atom stereocenters. The van der Waals surface area contributed by atoms with E-state index >= 15 is 0 Å². The van der Waals surface area contributed by atoms with Gasteiger partial charge in [-0.3, -0.25) is 4.98 Å². The fourth-order valence-corrected chi connectivity index (χ4v) is 0.313. The summed E-state index contributed by atoms with van der Waals surface area (Å²) in [6.45, 7) is 0. The quantitative estimate of drug-likeness (QED) is 0.569. The first-order valence-corrected chi connectivity index (χ1v) is 2.50. The normalized spacial score (nSPS) is 6.55. The van der Waals surface area contributed by atoms with E-state index in [9.17, 15) is 0 Å². The van der Waals surface area contributed by atoms with Gasteiger partial charge in [-0.25, -0.2) is 4.79 Å². The molecule has 0 fully saturated rings. The van der Waals surface area contributed by atoms with E-state index in [1.54, 1.807) is 12.4 Å². The van der Waals surface area contributed by atoms with Crippen molar-refractivity contribution in [2.45, 2.75) is 0 Å². The molecule has 0 aliphatic rings. The molecule has 4 nitrogen and oxygen atoms in total. The van der Waals surface area contributed by atoms with Crippen LogP contribution < -0.4 is 0 Å². The Labute approximate surface area is 83.0 Å². The molecule has 0 radical (unpaired) electrons. The molecule has 0 saturated heterocycles. The Morgan fingerprint density at radius 3 is 1.64 bits per heavy atom. The topological polar surface area (TPSA) is 70.4 Å². The summed E-state index contributed by atoms with van der Waals surface area (Å²) in [5.74, 6) is 0. The Morgan fingerprint density at radius 2 is 1.55 bits per heavy atom. The van der Waals surface area contributed by atoms with Gasteiger partial charge in [0.05, 0.1) is 0 Å². The standard InChI is InChI=1S/C5H5N.CH2O3.Mg.2H/c1-2-4-6-5-3-1;2-1(3)4;;;/h1-5H;(H2,2,3,4);;;/q;;+2;2*-1. The molecule has 58 valence electrons. The van der Waals surface area contributed by atoms with E-state index in [1.807, 2.05) is 18.2 Å². The van der Waals surface area contributed by atoms with E-state index in [0.29, 0.717) is 0 Å². The average Bonchev–Trinajstić information content (AvgIpc) is 1.90. The molecule has 0 spiro atoms. The Kier molecular flexibility index (Phi) is 10.7. The third-order valence-corrected chi connectivity index (χ3v) is 0.566. The second-order valence-electron chi connectivity index (χ2n) is 1.31. The molecule has 2 N–H and O–H groups in total. The number of pyridine rings is 1. The second kappa shape index (κ2) is 9.19. The summed E-state index contributed by atoms with van der Waals surface area (Å²) < 4.78 is 0. The van der Waals surface area contributed by atoms with Crippen molar-refractivity contribution in [3.8, 4) is 0 Å². The Balaban J connectivity index is -0.0000000536. The Morgan fingerprint density at radius 1 is 1.18 bits per heavy atom. The molecule has 1 aromatic rings.